The van der Waals surface area contributed by atoms with E-state index in [1.807, 2.05) is 12.1 Å². The van der Waals surface area contributed by atoms with E-state index in [1.54, 1.807) is 24.5 Å². The summed E-state index contributed by atoms with van der Waals surface area (Å²) in [4.78, 5) is 4.14. The second kappa shape index (κ2) is 10.2. The van der Waals surface area contributed by atoms with Crippen LogP contribution >= 0.6 is 0 Å². The van der Waals surface area contributed by atoms with Crippen LogP contribution < -0.4 is 11.1 Å². The van der Waals surface area contributed by atoms with Crippen molar-refractivity contribution in [1.82, 2.24) is 15.2 Å². The zero-order valence-corrected chi connectivity index (χ0v) is 17.2. The Bertz CT molecular complexity index is 872. The van der Waals surface area contributed by atoms with E-state index in [-0.39, 0.29) is 5.82 Å². The van der Waals surface area contributed by atoms with E-state index in [0.717, 1.165) is 53.9 Å². The van der Waals surface area contributed by atoms with Crippen LogP contribution in [0.3, 0.4) is 0 Å². The highest BCUT2D eigenvalue weighted by Gasteiger charge is 2.23. The Kier molecular flexibility index (Phi) is 7.36. The zero-order chi connectivity index (χ0) is 20.6. The van der Waals surface area contributed by atoms with E-state index < -0.39 is 0 Å². The molecule has 0 fully saturated rings. The fraction of sp³-hybridized carbons (Fsp3) is 0.391. The predicted octanol–water partition coefficient (Wildman–Crippen LogP) is 5.23. The quantitative estimate of drug-likeness (QED) is 0.439. The lowest BCUT2D eigenvalue weighted by Crippen LogP contribution is -2.29. The largest absolute Gasteiger partial charge is 0.365 e. The fourth-order valence-electron chi connectivity index (χ4n) is 3.87. The molecule has 0 bridgehead atoms. The van der Waals surface area contributed by atoms with E-state index in [9.17, 15) is 4.39 Å². The molecular formula is C23H30FN5. The molecule has 1 aromatic carbocycles. The Labute approximate surface area is 172 Å². The maximum Gasteiger partial charge on any atom is 0.156 e. The first kappa shape index (κ1) is 21.0. The molecule has 0 spiro atoms. The van der Waals surface area contributed by atoms with Gasteiger partial charge in [0.1, 0.15) is 5.82 Å². The minimum Gasteiger partial charge on any atom is -0.365 e. The van der Waals surface area contributed by atoms with Crippen LogP contribution in [0.25, 0.3) is 22.4 Å². The molecule has 0 saturated heterocycles. The number of benzene rings is 1. The third-order valence-corrected chi connectivity index (χ3v) is 5.53. The van der Waals surface area contributed by atoms with Gasteiger partial charge in [-0.25, -0.2) is 4.39 Å². The molecular weight excluding hydrogens is 365 g/mol. The van der Waals surface area contributed by atoms with Gasteiger partial charge in [0.15, 0.2) is 5.82 Å². The van der Waals surface area contributed by atoms with Gasteiger partial charge in [-0.05, 0) is 67.3 Å². The normalized spacial score (nSPS) is 12.3. The zero-order valence-electron chi connectivity index (χ0n) is 17.2. The number of anilines is 1. The van der Waals surface area contributed by atoms with Crippen LogP contribution in [0.15, 0.2) is 48.8 Å². The Morgan fingerprint density at radius 3 is 2.34 bits per heavy atom. The lowest BCUT2D eigenvalue weighted by molar-refractivity contribution is 0.393. The Morgan fingerprint density at radius 2 is 1.72 bits per heavy atom. The van der Waals surface area contributed by atoms with E-state index in [1.165, 1.54) is 12.1 Å². The summed E-state index contributed by atoms with van der Waals surface area (Å²) < 4.78 is 13.4. The van der Waals surface area contributed by atoms with Gasteiger partial charge in [-0.1, -0.05) is 26.7 Å². The number of rotatable bonds is 10. The number of halogens is 1. The summed E-state index contributed by atoms with van der Waals surface area (Å²) in [7, 11) is 0. The van der Waals surface area contributed by atoms with Crippen LogP contribution in [0.2, 0.25) is 0 Å². The molecule has 0 saturated carbocycles. The lowest BCUT2D eigenvalue weighted by atomic mass is 9.90. The van der Waals surface area contributed by atoms with Gasteiger partial charge in [-0.2, -0.15) is 5.10 Å². The highest BCUT2D eigenvalue weighted by Crippen LogP contribution is 2.37. The molecule has 5 nitrogen and oxygen atoms in total. The molecule has 0 amide bonds. The predicted molar refractivity (Wildman–Crippen MR) is 117 cm³/mol. The molecule has 3 rings (SSSR count). The molecule has 0 aliphatic carbocycles. The van der Waals surface area contributed by atoms with Crippen molar-refractivity contribution in [3.05, 3.63) is 54.6 Å². The minimum absolute atomic E-state index is 0.257. The van der Waals surface area contributed by atoms with Crippen LogP contribution in [0, 0.1) is 11.7 Å². The molecule has 3 aromatic rings. The molecule has 2 aromatic heterocycles. The smallest absolute Gasteiger partial charge is 0.156 e. The monoisotopic (exact) mass is 395 g/mol. The number of aromatic amines is 1. The van der Waals surface area contributed by atoms with Crippen LogP contribution in [0.5, 0.6) is 0 Å². The first-order valence-corrected chi connectivity index (χ1v) is 10.4. The van der Waals surface area contributed by atoms with Crippen molar-refractivity contribution in [2.75, 3.05) is 11.9 Å². The molecule has 2 heterocycles. The Balaban J connectivity index is 2.02. The Morgan fingerprint density at radius 1 is 1.03 bits per heavy atom. The maximum absolute atomic E-state index is 13.4. The Hall–Kier alpha value is -2.73. The molecule has 29 heavy (non-hydrogen) atoms. The molecule has 6 heteroatoms. The van der Waals surface area contributed by atoms with Gasteiger partial charge in [0.2, 0.25) is 0 Å². The number of hydrogen-bond acceptors (Lipinski definition) is 4. The van der Waals surface area contributed by atoms with Crippen molar-refractivity contribution in [1.29, 1.82) is 0 Å². The van der Waals surface area contributed by atoms with Crippen molar-refractivity contribution in [3.8, 4) is 22.4 Å². The third-order valence-electron chi connectivity index (χ3n) is 5.53. The first-order chi connectivity index (χ1) is 14.2. The number of nitrogens with one attached hydrogen (secondary N) is 2. The summed E-state index contributed by atoms with van der Waals surface area (Å²) in [6.07, 6.45) is 7.70. The van der Waals surface area contributed by atoms with Crippen molar-refractivity contribution in [2.24, 2.45) is 11.7 Å². The molecule has 1 atom stereocenters. The highest BCUT2D eigenvalue weighted by molar-refractivity contribution is 5.88. The maximum atomic E-state index is 13.4. The van der Waals surface area contributed by atoms with Crippen LogP contribution in [0.1, 0.15) is 39.5 Å². The first-order valence-electron chi connectivity index (χ1n) is 10.4. The summed E-state index contributed by atoms with van der Waals surface area (Å²) >= 11 is 0. The van der Waals surface area contributed by atoms with E-state index in [4.69, 9.17) is 5.73 Å². The molecule has 4 N–H and O–H groups in total. The minimum atomic E-state index is -0.257. The molecule has 154 valence electrons. The molecule has 0 aliphatic heterocycles. The SMILES string of the molecule is CCC(CC)C(CCCN)Nc1n[nH]c(-c2ccc(F)cc2)c1-c1ccncc1. The summed E-state index contributed by atoms with van der Waals surface area (Å²) in [5, 5.41) is 11.5. The standard InChI is InChI=1S/C23H30FN5/c1-3-16(4-2)20(6-5-13-25)27-23-21(17-11-14-26-15-12-17)22(28-29-23)18-7-9-19(24)10-8-18/h7-12,14-16,20H,3-6,13,25H2,1-2H3,(H2,27,28,29). The van der Waals surface area contributed by atoms with Crippen molar-refractivity contribution < 1.29 is 4.39 Å². The van der Waals surface area contributed by atoms with Gasteiger partial charge in [0.05, 0.1) is 11.3 Å². The van der Waals surface area contributed by atoms with Gasteiger partial charge in [-0.3, -0.25) is 10.1 Å². The highest BCUT2D eigenvalue weighted by atomic mass is 19.1. The number of pyridine rings is 1. The number of hydrogen-bond donors (Lipinski definition) is 3. The van der Waals surface area contributed by atoms with Crippen LogP contribution in [0.4, 0.5) is 10.2 Å². The van der Waals surface area contributed by atoms with Crippen molar-refractivity contribution in [2.45, 2.75) is 45.6 Å². The third kappa shape index (κ3) is 5.01. The second-order valence-corrected chi connectivity index (χ2v) is 7.32. The van der Waals surface area contributed by atoms with E-state index in [0.29, 0.717) is 18.5 Å². The summed E-state index contributed by atoms with van der Waals surface area (Å²) in [6.45, 7) is 5.13. The van der Waals surface area contributed by atoms with Crippen molar-refractivity contribution >= 4 is 5.82 Å². The van der Waals surface area contributed by atoms with Gasteiger partial charge in [0.25, 0.3) is 0 Å². The number of nitrogens with zero attached hydrogens (tertiary/aromatic N) is 2. The summed E-state index contributed by atoms with van der Waals surface area (Å²) in [6, 6.07) is 10.7. The van der Waals surface area contributed by atoms with E-state index in [2.05, 4.69) is 34.3 Å². The summed E-state index contributed by atoms with van der Waals surface area (Å²) in [5.74, 6) is 1.09. The lowest BCUT2D eigenvalue weighted by Gasteiger charge is -2.27. The van der Waals surface area contributed by atoms with E-state index >= 15 is 0 Å². The second-order valence-electron chi connectivity index (χ2n) is 7.32. The fourth-order valence-corrected chi connectivity index (χ4v) is 3.87. The average Bonchev–Trinajstić information content (AvgIpc) is 3.17. The molecule has 0 aliphatic rings. The van der Waals surface area contributed by atoms with Gasteiger partial charge in [-0.15, -0.1) is 0 Å². The number of aromatic nitrogens is 3. The van der Waals surface area contributed by atoms with Crippen LogP contribution in [-0.2, 0) is 0 Å². The molecule has 0 radical (unpaired) electrons. The van der Waals surface area contributed by atoms with Gasteiger partial charge >= 0.3 is 0 Å². The van der Waals surface area contributed by atoms with Gasteiger partial charge < -0.3 is 11.1 Å². The topological polar surface area (TPSA) is 79.6 Å². The summed E-state index contributed by atoms with van der Waals surface area (Å²) in [5.41, 5.74) is 9.52. The van der Waals surface area contributed by atoms with Gasteiger partial charge in [0, 0.05) is 24.0 Å². The molecule has 1 unspecified atom stereocenters. The average molecular weight is 396 g/mol. The number of H-pyrrole nitrogens is 1. The van der Waals surface area contributed by atoms with Crippen LogP contribution in [-0.4, -0.2) is 27.8 Å². The number of nitrogens with two attached hydrogens (primary N) is 1. The van der Waals surface area contributed by atoms with Crippen molar-refractivity contribution in [3.63, 3.8) is 0 Å².